The van der Waals surface area contributed by atoms with E-state index >= 15 is 0 Å². The Morgan fingerprint density at radius 1 is 0.947 bits per heavy atom. The van der Waals surface area contributed by atoms with Crippen LogP contribution in [0.3, 0.4) is 0 Å². The minimum absolute atomic E-state index is 0.324. The van der Waals surface area contributed by atoms with E-state index in [1.165, 1.54) is 16.2 Å². The fourth-order valence-corrected chi connectivity index (χ4v) is 3.65. The van der Waals surface area contributed by atoms with Crippen LogP contribution in [0, 0.1) is 5.41 Å². The summed E-state index contributed by atoms with van der Waals surface area (Å²) in [6.07, 6.45) is 1.10. The Morgan fingerprint density at radius 3 is 2.47 bits per heavy atom. The van der Waals surface area contributed by atoms with E-state index < -0.39 is 0 Å². The van der Waals surface area contributed by atoms with Crippen molar-refractivity contribution >= 4 is 19.2 Å². The largest absolute Gasteiger partial charge is 0.456 e. The van der Waals surface area contributed by atoms with E-state index in [4.69, 9.17) is 4.74 Å². The summed E-state index contributed by atoms with van der Waals surface area (Å²) >= 11 is 0. The van der Waals surface area contributed by atoms with Crippen LogP contribution in [0.15, 0.2) is 42.5 Å². The highest BCUT2D eigenvalue weighted by Crippen LogP contribution is 2.33. The van der Waals surface area contributed by atoms with Crippen molar-refractivity contribution in [1.82, 2.24) is 0 Å². The normalized spacial score (nSPS) is 14.7. The monoisotopic (exact) mass is 270 g/mol. The first kappa shape index (κ1) is 12.7. The molecule has 1 nitrogen and oxygen atoms in total. The molecule has 0 aliphatic carbocycles. The van der Waals surface area contributed by atoms with E-state index in [1.807, 2.05) is 12.1 Å². The smallest absolute Gasteiger partial charge is 0.135 e. The van der Waals surface area contributed by atoms with Crippen molar-refractivity contribution in [2.45, 2.75) is 27.2 Å². The van der Waals surface area contributed by atoms with Gasteiger partial charge in [-0.05, 0) is 35.6 Å². The number of fused-ring (bicyclic) bond motifs is 2. The molecule has 1 unspecified atom stereocenters. The first-order valence-corrected chi connectivity index (χ1v) is 7.68. The Hall–Kier alpha value is -1.33. The fraction of sp³-hybridized carbons (Fsp3) is 0.294. The fourth-order valence-electron chi connectivity index (χ4n) is 2.41. The number of para-hydroxylation sites is 1. The number of benzene rings is 2. The summed E-state index contributed by atoms with van der Waals surface area (Å²) in [6, 6.07) is 15.0. The summed E-state index contributed by atoms with van der Waals surface area (Å²) in [6.45, 7) is 6.83. The SMILES string of the molecule is CC(C)(C)Cc1ccc2c(c1)Pc1ccccc1O2. The Bertz CT molecular complexity index is 611. The van der Waals surface area contributed by atoms with E-state index in [0.29, 0.717) is 14.0 Å². The highest BCUT2D eigenvalue weighted by Gasteiger charge is 2.18. The van der Waals surface area contributed by atoms with Gasteiger partial charge in [-0.25, -0.2) is 0 Å². The van der Waals surface area contributed by atoms with Crippen LogP contribution in [0.2, 0.25) is 0 Å². The Labute approximate surface area is 116 Å². The molecule has 3 rings (SSSR count). The van der Waals surface area contributed by atoms with Gasteiger partial charge in [0.25, 0.3) is 0 Å². The van der Waals surface area contributed by atoms with Gasteiger partial charge in [0.05, 0.1) is 0 Å². The Morgan fingerprint density at radius 2 is 1.68 bits per heavy atom. The van der Waals surface area contributed by atoms with Crippen molar-refractivity contribution in [3.63, 3.8) is 0 Å². The van der Waals surface area contributed by atoms with Gasteiger partial charge in [-0.2, -0.15) is 0 Å². The lowest BCUT2D eigenvalue weighted by atomic mass is 9.88. The van der Waals surface area contributed by atoms with Gasteiger partial charge < -0.3 is 4.74 Å². The molecule has 2 aromatic carbocycles. The third-order valence-corrected chi connectivity index (χ3v) is 4.50. The second kappa shape index (κ2) is 4.65. The second-order valence-electron chi connectivity index (χ2n) is 6.29. The molecular formula is C17H19OP. The van der Waals surface area contributed by atoms with Gasteiger partial charge in [0.1, 0.15) is 11.5 Å². The van der Waals surface area contributed by atoms with Crippen molar-refractivity contribution in [3.8, 4) is 11.5 Å². The first-order chi connectivity index (χ1) is 9.01. The standard InChI is InChI=1S/C17H19OP/c1-17(2,3)11-12-8-9-14-16(10-12)19-15-7-5-4-6-13(15)18-14/h4-10,19H,11H2,1-3H3. The number of hydrogen-bond acceptors (Lipinski definition) is 1. The van der Waals surface area contributed by atoms with Gasteiger partial charge in [0.2, 0.25) is 0 Å². The molecule has 1 heterocycles. The molecule has 0 N–H and O–H groups in total. The highest BCUT2D eigenvalue weighted by atomic mass is 31.1. The van der Waals surface area contributed by atoms with Crippen LogP contribution in [0.25, 0.3) is 0 Å². The van der Waals surface area contributed by atoms with Crippen LogP contribution in [0.1, 0.15) is 26.3 Å². The summed E-state index contributed by atoms with van der Waals surface area (Å²) < 4.78 is 5.97. The molecule has 1 atom stereocenters. The van der Waals surface area contributed by atoms with Gasteiger partial charge in [-0.15, -0.1) is 0 Å². The van der Waals surface area contributed by atoms with Crippen LogP contribution >= 0.6 is 8.58 Å². The molecule has 0 amide bonds. The molecule has 2 aromatic rings. The molecule has 0 aromatic heterocycles. The van der Waals surface area contributed by atoms with Gasteiger partial charge in [0, 0.05) is 10.6 Å². The number of rotatable bonds is 1. The molecule has 1 aliphatic heterocycles. The average Bonchev–Trinajstić information content (AvgIpc) is 2.34. The van der Waals surface area contributed by atoms with E-state index in [9.17, 15) is 0 Å². The average molecular weight is 270 g/mol. The molecular weight excluding hydrogens is 251 g/mol. The molecule has 98 valence electrons. The highest BCUT2D eigenvalue weighted by molar-refractivity contribution is 7.56. The second-order valence-corrected chi connectivity index (χ2v) is 7.62. The van der Waals surface area contributed by atoms with Crippen molar-refractivity contribution < 1.29 is 4.74 Å². The molecule has 2 heteroatoms. The number of ether oxygens (including phenoxy) is 1. The molecule has 0 saturated carbocycles. The van der Waals surface area contributed by atoms with E-state index in [2.05, 4.69) is 51.1 Å². The molecule has 0 bridgehead atoms. The maximum Gasteiger partial charge on any atom is 0.135 e. The van der Waals surface area contributed by atoms with E-state index in [0.717, 1.165) is 17.9 Å². The molecule has 0 fully saturated rings. The van der Waals surface area contributed by atoms with Crippen molar-refractivity contribution in [2.24, 2.45) is 5.41 Å². The third kappa shape index (κ3) is 2.82. The summed E-state index contributed by atoms with van der Waals surface area (Å²) in [5.41, 5.74) is 1.73. The lowest BCUT2D eigenvalue weighted by molar-refractivity contribution is 0.411. The molecule has 19 heavy (non-hydrogen) atoms. The van der Waals surface area contributed by atoms with Crippen molar-refractivity contribution in [2.75, 3.05) is 0 Å². The van der Waals surface area contributed by atoms with E-state index in [-0.39, 0.29) is 0 Å². The summed E-state index contributed by atoms with van der Waals surface area (Å²) in [5, 5.41) is 2.64. The zero-order valence-corrected chi connectivity index (χ0v) is 12.7. The van der Waals surface area contributed by atoms with Gasteiger partial charge in [0.15, 0.2) is 0 Å². The topological polar surface area (TPSA) is 9.23 Å². The predicted molar refractivity (Wildman–Crippen MR) is 83.7 cm³/mol. The quantitative estimate of drug-likeness (QED) is 0.607. The van der Waals surface area contributed by atoms with Crippen LogP contribution in [-0.2, 0) is 6.42 Å². The van der Waals surface area contributed by atoms with Gasteiger partial charge in [-0.3, -0.25) is 0 Å². The molecule has 0 radical (unpaired) electrons. The molecule has 0 spiro atoms. The minimum atomic E-state index is 0.324. The van der Waals surface area contributed by atoms with Crippen molar-refractivity contribution in [1.29, 1.82) is 0 Å². The van der Waals surface area contributed by atoms with Gasteiger partial charge in [-0.1, -0.05) is 53.6 Å². The lowest BCUT2D eigenvalue weighted by Crippen LogP contribution is -2.17. The van der Waals surface area contributed by atoms with Crippen LogP contribution in [0.5, 0.6) is 11.5 Å². The summed E-state index contributed by atoms with van der Waals surface area (Å²) in [4.78, 5) is 0. The predicted octanol–water partition coefficient (Wildman–Crippen LogP) is 4.01. The van der Waals surface area contributed by atoms with Crippen LogP contribution < -0.4 is 15.3 Å². The summed E-state index contributed by atoms with van der Waals surface area (Å²) in [7, 11) is 0.702. The third-order valence-electron chi connectivity index (χ3n) is 3.15. The maximum absolute atomic E-state index is 5.97. The molecule has 1 aliphatic rings. The molecule has 0 saturated heterocycles. The zero-order chi connectivity index (χ0) is 13.5. The van der Waals surface area contributed by atoms with Crippen LogP contribution in [0.4, 0.5) is 0 Å². The Balaban J connectivity index is 1.92. The van der Waals surface area contributed by atoms with Crippen molar-refractivity contribution in [3.05, 3.63) is 48.0 Å². The van der Waals surface area contributed by atoms with E-state index in [1.54, 1.807) is 0 Å². The maximum atomic E-state index is 5.97. The minimum Gasteiger partial charge on any atom is -0.456 e. The van der Waals surface area contributed by atoms with Crippen LogP contribution in [-0.4, -0.2) is 0 Å². The first-order valence-electron chi connectivity index (χ1n) is 6.68. The van der Waals surface area contributed by atoms with Gasteiger partial charge >= 0.3 is 0 Å². The summed E-state index contributed by atoms with van der Waals surface area (Å²) in [5.74, 6) is 2.03. The lowest BCUT2D eigenvalue weighted by Gasteiger charge is -2.23. The Kier molecular flexibility index (Phi) is 3.11. The zero-order valence-electron chi connectivity index (χ0n) is 11.7. The number of hydrogen-bond donors (Lipinski definition) is 0.